The molecular weight excluding hydrogens is 1200 g/mol. The zero-order valence-electron chi connectivity index (χ0n) is 55.4. The van der Waals surface area contributed by atoms with Crippen LogP contribution in [0.1, 0.15) is 125 Å². The maximum absolute atomic E-state index is 14.7. The van der Waals surface area contributed by atoms with Crippen molar-refractivity contribution in [2.75, 3.05) is 70.5 Å². The van der Waals surface area contributed by atoms with Gasteiger partial charge in [-0.25, -0.2) is 0 Å². The van der Waals surface area contributed by atoms with Gasteiger partial charge in [0.15, 0.2) is 0 Å². The van der Waals surface area contributed by atoms with Gasteiger partial charge >= 0.3 is 0 Å². The molecule has 12 unspecified atom stereocenters. The number of carbonyl (C=O) groups excluding carboxylic acids is 7. The molecule has 0 aliphatic carbocycles. The van der Waals surface area contributed by atoms with Crippen LogP contribution in [0.15, 0.2) is 131 Å². The highest BCUT2D eigenvalue weighted by molar-refractivity contribution is 5.97. The number of rotatable bonds is 35. The lowest BCUT2D eigenvalue weighted by Crippen LogP contribution is -2.59. The van der Waals surface area contributed by atoms with E-state index in [1.807, 2.05) is 97.1 Å². The first kappa shape index (κ1) is 71.0. The van der Waals surface area contributed by atoms with E-state index in [0.717, 1.165) is 29.5 Å². The van der Waals surface area contributed by atoms with Gasteiger partial charge in [0.1, 0.15) is 41.6 Å². The topological polar surface area (TPSA) is 304 Å². The van der Waals surface area contributed by atoms with E-state index < -0.39 is 71.0 Å². The van der Waals surface area contributed by atoms with Gasteiger partial charge in [0.05, 0.1) is 18.1 Å². The van der Waals surface area contributed by atoms with Gasteiger partial charge in [0.2, 0.25) is 41.4 Å². The van der Waals surface area contributed by atoms with Crippen molar-refractivity contribution < 1.29 is 33.6 Å². The highest BCUT2D eigenvalue weighted by Crippen LogP contribution is 2.36. The molecule has 0 radical (unpaired) electrons. The third-order valence-electron chi connectivity index (χ3n) is 19.5. The molecule has 7 amide bonds. The number of hydrogen-bond acceptors (Lipinski definition) is 16. The van der Waals surface area contributed by atoms with Gasteiger partial charge in [-0.05, 0) is 134 Å². The van der Waals surface area contributed by atoms with Crippen molar-refractivity contribution in [3.8, 4) is 0 Å². The van der Waals surface area contributed by atoms with E-state index in [4.69, 9.17) is 0 Å². The highest BCUT2D eigenvalue weighted by atomic mass is 16.2. The number of amides is 7. The lowest BCUT2D eigenvalue weighted by Gasteiger charge is -2.33. The first-order valence-electron chi connectivity index (χ1n) is 34.2. The van der Waals surface area contributed by atoms with E-state index in [0.29, 0.717) is 122 Å². The largest absolute Gasteiger partial charge is 0.380 e. The van der Waals surface area contributed by atoms with Crippen LogP contribution in [0.2, 0.25) is 0 Å². The number of nitrogens with one attached hydrogen (secondary N) is 12. The van der Waals surface area contributed by atoms with Crippen molar-refractivity contribution in [1.82, 2.24) is 63.0 Å². The lowest BCUT2D eigenvalue weighted by molar-refractivity contribution is -0.144. The van der Waals surface area contributed by atoms with Gasteiger partial charge in [-0.2, -0.15) is 0 Å². The number of fused-ring (bicyclic) bond motifs is 2. The Morgan fingerprint density at radius 3 is 1.34 bits per heavy atom. The quantitative estimate of drug-likeness (QED) is 0.0204. The van der Waals surface area contributed by atoms with Crippen LogP contribution in [-0.4, -0.2) is 159 Å². The smallest absolute Gasteiger partial charge is 0.253 e. The third-order valence-corrected chi connectivity index (χ3v) is 19.5. The number of nitrogens with zero attached hydrogens (tertiary/aromatic N) is 2. The van der Waals surface area contributed by atoms with Crippen molar-refractivity contribution in [2.24, 2.45) is 11.8 Å². The summed E-state index contributed by atoms with van der Waals surface area (Å²) >= 11 is 0. The number of likely N-dealkylation sites (N-methyl/N-ethyl adjacent to an activating group) is 2. The molecule has 0 spiro atoms. The molecule has 4 aliphatic rings. The minimum Gasteiger partial charge on any atom is -0.380 e. The molecule has 0 aromatic heterocycles. The Balaban J connectivity index is 0.713. The van der Waals surface area contributed by atoms with Crippen LogP contribution >= 0.6 is 0 Å². The Morgan fingerprint density at radius 2 is 0.874 bits per heavy atom. The normalized spacial score (nSPS) is 22.2. The van der Waals surface area contributed by atoms with Gasteiger partial charge in [-0.3, -0.25) is 43.2 Å². The molecule has 12 N–H and O–H groups in total. The summed E-state index contributed by atoms with van der Waals surface area (Å²) in [7, 11) is 3.39. The average molecular weight is 1300 g/mol. The van der Waals surface area contributed by atoms with Crippen LogP contribution in [0.4, 0.5) is 11.4 Å². The second-order valence-corrected chi connectivity index (χ2v) is 25.9. The number of anilines is 2. The maximum atomic E-state index is 14.7. The first-order chi connectivity index (χ1) is 46.1. The second-order valence-electron chi connectivity index (χ2n) is 25.9. The monoisotopic (exact) mass is 1300 g/mol. The van der Waals surface area contributed by atoms with E-state index in [1.54, 1.807) is 62.0 Å². The molecule has 5 aromatic carbocycles. The summed E-state index contributed by atoms with van der Waals surface area (Å²) in [6, 6.07) is 32.6. The Morgan fingerprint density at radius 1 is 0.463 bits per heavy atom. The molecule has 4 heterocycles. The summed E-state index contributed by atoms with van der Waals surface area (Å²) < 4.78 is 0. The molecule has 9 rings (SSSR count). The predicted octanol–water partition coefficient (Wildman–Crippen LogP) is 3.39. The van der Waals surface area contributed by atoms with Crippen molar-refractivity contribution in [3.05, 3.63) is 164 Å². The van der Waals surface area contributed by atoms with Crippen molar-refractivity contribution in [1.29, 1.82) is 0 Å². The van der Waals surface area contributed by atoms with Gasteiger partial charge in [-0.15, -0.1) is 0 Å². The number of carbonyl (C=O) groups is 7. The molecule has 4 fully saturated rings. The zero-order valence-corrected chi connectivity index (χ0v) is 55.4. The van der Waals surface area contributed by atoms with Crippen molar-refractivity contribution >= 4 is 52.7 Å². The standard InChI is InChI=1S/C72H98N14O9/c1-46(73-3)66(89)83-60-52(43-76-41-48-21-9-5-10-22-48)29-31-54-33-35-57(85(54)71(60)94)68(91)81-56(50-25-13-7-14-26-50)45-75-37-17-18-38-78-62-63(65(88)64(62)87)79-39-19-20-40-80-70(93)59(51-27-15-8-16-28-51)82-69(92)58-36-34-55-32-30-53(44-77-42-49-23-11-6-12-24-49)61(72(95)86(55)58)84-67(90)47(2)74-4/h5-16,21-28,46-47,52-61,73-79H,17-20,29-45H2,1-4H3,(H,80,93)(H,81,91)(H,82,92)(H,83,89)(H,84,90). The summed E-state index contributed by atoms with van der Waals surface area (Å²) in [4.78, 5) is 128. The molecule has 4 saturated heterocycles. The molecule has 4 aliphatic heterocycles. The maximum Gasteiger partial charge on any atom is 0.253 e. The van der Waals surface area contributed by atoms with Crippen LogP contribution in [-0.2, 0) is 46.7 Å². The van der Waals surface area contributed by atoms with Crippen LogP contribution < -0.4 is 74.7 Å². The number of benzene rings is 4. The van der Waals surface area contributed by atoms with E-state index in [9.17, 15) is 43.2 Å². The van der Waals surface area contributed by atoms with Gasteiger partial charge in [0.25, 0.3) is 10.9 Å². The second kappa shape index (κ2) is 35.4. The predicted molar refractivity (Wildman–Crippen MR) is 367 cm³/mol. The van der Waals surface area contributed by atoms with Gasteiger partial charge in [0, 0.05) is 76.3 Å². The Kier molecular flexibility index (Phi) is 26.4. The summed E-state index contributed by atoms with van der Waals surface area (Å²) in [6.45, 7) is 7.80. The molecule has 12 atom stereocenters. The Hall–Kier alpha value is -8.35. The minimum atomic E-state index is -1.06. The fourth-order valence-corrected chi connectivity index (χ4v) is 13.7. The highest BCUT2D eigenvalue weighted by Gasteiger charge is 2.50. The fourth-order valence-electron chi connectivity index (χ4n) is 13.7. The Bertz CT molecular complexity index is 3390. The molecule has 95 heavy (non-hydrogen) atoms. The van der Waals surface area contributed by atoms with E-state index in [1.165, 1.54) is 0 Å². The molecule has 23 nitrogen and oxygen atoms in total. The molecule has 0 bridgehead atoms. The summed E-state index contributed by atoms with van der Waals surface area (Å²) in [5.74, 6) is -2.63. The number of unbranched alkanes of at least 4 members (excludes halogenated alkanes) is 2. The van der Waals surface area contributed by atoms with Crippen LogP contribution in [0.25, 0.3) is 0 Å². The SMILES string of the molecule is CNC(C)C(=O)NC1C(=O)N2C(CCC1CNCc1ccccc1)CCC2C(=O)NC(CNCCCCNc1c(NCCCCNC(=O)C(NC(=O)C2CCC3CCC(CNCc4ccccc4)C(NC(=O)C(C)NC)C(=O)N32)c2ccccc2)c(=O)c1=O)c1ccccc1. The van der Waals surface area contributed by atoms with Crippen LogP contribution in [0.5, 0.6) is 0 Å². The van der Waals surface area contributed by atoms with E-state index >= 15 is 0 Å². The molecule has 510 valence electrons. The summed E-state index contributed by atoms with van der Waals surface area (Å²) in [5, 5.41) is 38.0. The van der Waals surface area contributed by atoms with E-state index in [-0.39, 0.29) is 71.4 Å². The molecular formula is C72H98N14O9. The van der Waals surface area contributed by atoms with E-state index in [2.05, 4.69) is 63.8 Å². The summed E-state index contributed by atoms with van der Waals surface area (Å²) in [5.41, 5.74) is 3.00. The fraction of sp³-hybridized carbons (Fsp3) is 0.514. The summed E-state index contributed by atoms with van der Waals surface area (Å²) in [6.07, 6.45) is 7.45. The van der Waals surface area contributed by atoms with Gasteiger partial charge in [-0.1, -0.05) is 121 Å². The first-order valence-corrected chi connectivity index (χ1v) is 34.2. The molecule has 5 aromatic rings. The zero-order chi connectivity index (χ0) is 67.2. The molecule has 0 saturated carbocycles. The molecule has 23 heteroatoms. The van der Waals surface area contributed by atoms with Gasteiger partial charge < -0.3 is 73.6 Å². The van der Waals surface area contributed by atoms with Crippen LogP contribution in [0.3, 0.4) is 0 Å². The lowest BCUT2D eigenvalue weighted by atomic mass is 9.92. The third kappa shape index (κ3) is 18.8. The average Bonchev–Trinajstić information content (AvgIpc) is 1.74. The Labute approximate surface area is 557 Å². The minimum absolute atomic E-state index is 0.124. The van der Waals surface area contributed by atoms with Crippen LogP contribution in [0, 0.1) is 11.8 Å². The number of hydrogen-bond donors (Lipinski definition) is 12. The van der Waals surface area contributed by atoms with Crippen molar-refractivity contribution in [3.63, 3.8) is 0 Å². The van der Waals surface area contributed by atoms with Crippen molar-refractivity contribution in [2.45, 2.75) is 164 Å².